The molecule has 21 heavy (non-hydrogen) atoms. The molecule has 0 amide bonds. The molecule has 2 saturated heterocycles. The van der Waals surface area contributed by atoms with Crippen LogP contribution in [0.15, 0.2) is 30.3 Å². The second-order valence-corrected chi connectivity index (χ2v) is 6.72. The second kappa shape index (κ2) is 5.40. The molecule has 3 heterocycles. The quantitative estimate of drug-likeness (QED) is 0.947. The predicted molar refractivity (Wildman–Crippen MR) is 83.6 cm³/mol. The van der Waals surface area contributed by atoms with Crippen molar-refractivity contribution in [3.8, 4) is 11.3 Å². The number of aliphatic hydroxyl groups excluding tert-OH is 1. The van der Waals surface area contributed by atoms with E-state index in [-0.39, 0.29) is 6.61 Å². The number of aliphatic hydroxyl groups is 1. The fourth-order valence-electron chi connectivity index (χ4n) is 3.17. The monoisotopic (exact) mass is 302 g/mol. The lowest BCUT2D eigenvalue weighted by molar-refractivity contribution is 0.0305. The van der Waals surface area contributed by atoms with Gasteiger partial charge in [-0.15, -0.1) is 0 Å². The molecule has 2 fully saturated rings. The lowest BCUT2D eigenvalue weighted by Gasteiger charge is -2.31. The van der Waals surface area contributed by atoms with Crippen LogP contribution in [-0.4, -0.2) is 35.4 Å². The Morgan fingerprint density at radius 3 is 2.57 bits per heavy atom. The maximum atomic E-state index is 9.63. The third-order valence-electron chi connectivity index (χ3n) is 4.19. The van der Waals surface area contributed by atoms with Gasteiger partial charge in [0.25, 0.3) is 0 Å². The number of rotatable bonds is 3. The molecule has 1 aromatic heterocycles. The van der Waals surface area contributed by atoms with Crippen LogP contribution in [0.5, 0.6) is 0 Å². The minimum absolute atomic E-state index is 0.0408. The first-order valence-corrected chi connectivity index (χ1v) is 8.21. The maximum Gasteiger partial charge on any atom is 0.186 e. The van der Waals surface area contributed by atoms with Crippen molar-refractivity contribution in [2.45, 2.75) is 31.7 Å². The summed E-state index contributed by atoms with van der Waals surface area (Å²) in [5, 5.41) is 10.6. The van der Waals surface area contributed by atoms with Crippen molar-refractivity contribution in [1.82, 2.24) is 4.98 Å². The Hall–Kier alpha value is -1.43. The highest BCUT2D eigenvalue weighted by Crippen LogP contribution is 2.36. The number of hydrogen-bond acceptors (Lipinski definition) is 5. The first-order chi connectivity index (χ1) is 10.3. The Morgan fingerprint density at radius 2 is 1.90 bits per heavy atom. The van der Waals surface area contributed by atoms with E-state index in [1.54, 1.807) is 11.3 Å². The van der Waals surface area contributed by atoms with E-state index in [0.29, 0.717) is 12.2 Å². The molecule has 0 saturated carbocycles. The van der Waals surface area contributed by atoms with Gasteiger partial charge in [0.1, 0.15) is 0 Å². The van der Waals surface area contributed by atoms with Gasteiger partial charge in [-0.2, -0.15) is 0 Å². The Balaban J connectivity index is 1.66. The smallest absolute Gasteiger partial charge is 0.186 e. The van der Waals surface area contributed by atoms with E-state index in [9.17, 15) is 5.11 Å². The van der Waals surface area contributed by atoms with Gasteiger partial charge in [-0.05, 0) is 12.8 Å². The third-order valence-corrected chi connectivity index (χ3v) is 5.29. The molecule has 1 aromatic carbocycles. The van der Waals surface area contributed by atoms with Crippen molar-refractivity contribution in [3.05, 3.63) is 35.2 Å². The van der Waals surface area contributed by atoms with Crippen LogP contribution in [0.3, 0.4) is 0 Å². The normalized spacial score (nSPS) is 24.5. The van der Waals surface area contributed by atoms with Gasteiger partial charge in [-0.3, -0.25) is 0 Å². The molecule has 2 bridgehead atoms. The number of anilines is 1. The van der Waals surface area contributed by atoms with Crippen LogP contribution in [-0.2, 0) is 11.3 Å². The molecule has 5 heteroatoms. The van der Waals surface area contributed by atoms with Crippen LogP contribution in [0, 0.1) is 0 Å². The van der Waals surface area contributed by atoms with E-state index >= 15 is 0 Å². The summed E-state index contributed by atoms with van der Waals surface area (Å²) in [7, 11) is 0. The summed E-state index contributed by atoms with van der Waals surface area (Å²) in [6.07, 6.45) is 3.02. The number of thiazole rings is 1. The number of aromatic nitrogens is 1. The van der Waals surface area contributed by atoms with Gasteiger partial charge >= 0.3 is 0 Å². The minimum Gasteiger partial charge on any atom is -0.391 e. The summed E-state index contributed by atoms with van der Waals surface area (Å²) in [5.41, 5.74) is 1.98. The summed E-state index contributed by atoms with van der Waals surface area (Å²) in [5.74, 6) is 0. The fourth-order valence-corrected chi connectivity index (χ4v) is 4.13. The average Bonchev–Trinajstić information content (AvgIpc) is 3.11. The Morgan fingerprint density at radius 1 is 1.19 bits per heavy atom. The third kappa shape index (κ3) is 2.46. The van der Waals surface area contributed by atoms with Gasteiger partial charge in [-0.1, -0.05) is 41.7 Å². The second-order valence-electron chi connectivity index (χ2n) is 5.65. The summed E-state index contributed by atoms with van der Waals surface area (Å²) >= 11 is 1.60. The molecule has 0 aliphatic carbocycles. The van der Waals surface area contributed by atoms with Crippen LogP contribution in [0.1, 0.15) is 17.7 Å². The molecule has 2 aromatic rings. The number of benzene rings is 1. The van der Waals surface area contributed by atoms with Crippen LogP contribution < -0.4 is 4.90 Å². The zero-order chi connectivity index (χ0) is 14.2. The first-order valence-electron chi connectivity index (χ1n) is 7.40. The molecule has 0 spiro atoms. The van der Waals surface area contributed by atoms with Crippen molar-refractivity contribution < 1.29 is 9.84 Å². The van der Waals surface area contributed by atoms with Crippen LogP contribution >= 0.6 is 11.3 Å². The molecule has 2 aliphatic heterocycles. The van der Waals surface area contributed by atoms with Gasteiger partial charge in [0.15, 0.2) is 5.13 Å². The summed E-state index contributed by atoms with van der Waals surface area (Å²) in [6.45, 7) is 1.88. The van der Waals surface area contributed by atoms with Crippen LogP contribution in [0.4, 0.5) is 5.13 Å². The Bertz CT molecular complexity index is 616. The largest absolute Gasteiger partial charge is 0.391 e. The van der Waals surface area contributed by atoms with Crippen molar-refractivity contribution in [1.29, 1.82) is 0 Å². The van der Waals surface area contributed by atoms with Crippen LogP contribution in [0.25, 0.3) is 11.3 Å². The molecule has 4 nitrogen and oxygen atoms in total. The van der Waals surface area contributed by atoms with E-state index < -0.39 is 0 Å². The SMILES string of the molecule is OCc1sc(N2CC3CCC(C2)O3)nc1-c1ccccc1. The van der Waals surface area contributed by atoms with E-state index in [4.69, 9.17) is 9.72 Å². The van der Waals surface area contributed by atoms with Gasteiger partial charge in [0.2, 0.25) is 0 Å². The molecule has 2 atom stereocenters. The topological polar surface area (TPSA) is 45.6 Å². The lowest BCUT2D eigenvalue weighted by Crippen LogP contribution is -2.42. The number of hydrogen-bond donors (Lipinski definition) is 1. The van der Waals surface area contributed by atoms with E-state index in [0.717, 1.165) is 47.2 Å². The Kier molecular flexibility index (Phi) is 3.41. The molecule has 1 N–H and O–H groups in total. The molecule has 110 valence electrons. The number of nitrogens with zero attached hydrogens (tertiary/aromatic N) is 2. The van der Waals surface area contributed by atoms with E-state index in [1.807, 2.05) is 30.3 Å². The van der Waals surface area contributed by atoms with Crippen molar-refractivity contribution in [2.24, 2.45) is 0 Å². The minimum atomic E-state index is 0.0408. The molecule has 4 rings (SSSR count). The number of fused-ring (bicyclic) bond motifs is 2. The van der Waals surface area contributed by atoms with E-state index in [1.165, 1.54) is 0 Å². The van der Waals surface area contributed by atoms with Crippen molar-refractivity contribution >= 4 is 16.5 Å². The molecule has 2 unspecified atom stereocenters. The van der Waals surface area contributed by atoms with Crippen LogP contribution in [0.2, 0.25) is 0 Å². The molecular weight excluding hydrogens is 284 g/mol. The van der Waals surface area contributed by atoms with Gasteiger partial charge in [0, 0.05) is 18.7 Å². The highest BCUT2D eigenvalue weighted by molar-refractivity contribution is 7.16. The van der Waals surface area contributed by atoms with Gasteiger partial charge in [0.05, 0.1) is 29.4 Å². The molecular formula is C16H18N2O2S. The van der Waals surface area contributed by atoms with Crippen molar-refractivity contribution in [3.63, 3.8) is 0 Å². The van der Waals surface area contributed by atoms with Crippen molar-refractivity contribution in [2.75, 3.05) is 18.0 Å². The highest BCUT2D eigenvalue weighted by atomic mass is 32.1. The number of morpholine rings is 1. The summed E-state index contributed by atoms with van der Waals surface area (Å²) < 4.78 is 5.88. The standard InChI is InChI=1S/C16H18N2O2S/c19-10-14-15(11-4-2-1-3-5-11)17-16(21-14)18-8-12-6-7-13(9-18)20-12/h1-5,12-13,19H,6-10H2. The Labute approximate surface area is 128 Å². The summed E-state index contributed by atoms with van der Waals surface area (Å²) in [6, 6.07) is 10.1. The molecule has 0 radical (unpaired) electrons. The lowest BCUT2D eigenvalue weighted by atomic mass is 10.1. The zero-order valence-electron chi connectivity index (χ0n) is 11.7. The van der Waals surface area contributed by atoms with Gasteiger partial charge < -0.3 is 14.7 Å². The average molecular weight is 302 g/mol. The first kappa shape index (κ1) is 13.2. The maximum absolute atomic E-state index is 9.63. The zero-order valence-corrected chi connectivity index (χ0v) is 12.6. The predicted octanol–water partition coefficient (Wildman–Crippen LogP) is 2.67. The number of ether oxygens (including phenoxy) is 1. The fraction of sp³-hybridized carbons (Fsp3) is 0.438. The van der Waals surface area contributed by atoms with Gasteiger partial charge in [-0.25, -0.2) is 4.98 Å². The highest BCUT2D eigenvalue weighted by Gasteiger charge is 2.35. The van der Waals surface area contributed by atoms with E-state index in [2.05, 4.69) is 4.90 Å². The molecule has 2 aliphatic rings. The summed E-state index contributed by atoms with van der Waals surface area (Å²) in [4.78, 5) is 8.06.